The Morgan fingerprint density at radius 3 is 2.33 bits per heavy atom. The van der Waals surface area contributed by atoms with Crippen molar-refractivity contribution >= 4 is 64.0 Å². The van der Waals surface area contributed by atoms with Gasteiger partial charge in [0.25, 0.3) is 5.91 Å². The number of rotatable bonds is 7. The van der Waals surface area contributed by atoms with Crippen LogP contribution in [0.1, 0.15) is 0 Å². The van der Waals surface area contributed by atoms with Crippen LogP contribution in [0.3, 0.4) is 0 Å². The summed E-state index contributed by atoms with van der Waals surface area (Å²) in [6, 6.07) is 7.48. The van der Waals surface area contributed by atoms with Crippen LogP contribution in [0.15, 0.2) is 30.3 Å². The molecule has 0 saturated carbocycles. The average Bonchev–Trinajstić information content (AvgIpc) is 2.62. The molecule has 0 atom stereocenters. The van der Waals surface area contributed by atoms with Crippen molar-refractivity contribution in [3.63, 3.8) is 0 Å². The molecule has 10 heteroatoms. The Balaban J connectivity index is 1.84. The van der Waals surface area contributed by atoms with Crippen LogP contribution in [0, 0.1) is 0 Å². The van der Waals surface area contributed by atoms with Crippen LogP contribution in [0.4, 0.5) is 5.69 Å². The summed E-state index contributed by atoms with van der Waals surface area (Å²) in [4.78, 5) is 23.7. The van der Waals surface area contributed by atoms with E-state index in [4.69, 9.17) is 60.6 Å². The molecular formula is C17H13Cl4NO5. The van der Waals surface area contributed by atoms with E-state index in [0.717, 1.165) is 0 Å². The number of carbonyl (C=O) groups is 2. The Kier molecular flexibility index (Phi) is 7.86. The third-order valence-electron chi connectivity index (χ3n) is 3.12. The third-order valence-corrected chi connectivity index (χ3v) is 4.37. The number of anilines is 1. The molecule has 0 unspecified atom stereocenters. The van der Waals surface area contributed by atoms with Gasteiger partial charge in [-0.15, -0.1) is 0 Å². The molecule has 144 valence electrons. The molecule has 27 heavy (non-hydrogen) atoms. The van der Waals surface area contributed by atoms with E-state index in [9.17, 15) is 9.59 Å². The number of methoxy groups -OCH3 is 1. The van der Waals surface area contributed by atoms with E-state index in [2.05, 4.69) is 5.32 Å². The minimum atomic E-state index is -0.773. The van der Waals surface area contributed by atoms with Crippen LogP contribution in [0.5, 0.6) is 11.5 Å². The maximum Gasteiger partial charge on any atom is 0.344 e. The van der Waals surface area contributed by atoms with E-state index in [1.165, 1.54) is 25.3 Å². The molecule has 0 aliphatic rings. The SMILES string of the molecule is COc1ccc(Cl)cc1NC(=O)COC(=O)COc1cc(Cl)c(Cl)cc1Cl. The van der Waals surface area contributed by atoms with Gasteiger partial charge in [0.05, 0.1) is 27.9 Å². The highest BCUT2D eigenvalue weighted by atomic mass is 35.5. The first-order valence-electron chi connectivity index (χ1n) is 7.36. The summed E-state index contributed by atoms with van der Waals surface area (Å²) < 4.78 is 15.2. The summed E-state index contributed by atoms with van der Waals surface area (Å²) >= 11 is 23.5. The largest absolute Gasteiger partial charge is 0.495 e. The first-order chi connectivity index (χ1) is 12.8. The van der Waals surface area contributed by atoms with Crippen molar-refractivity contribution in [3.05, 3.63) is 50.4 Å². The molecule has 6 nitrogen and oxygen atoms in total. The summed E-state index contributed by atoms with van der Waals surface area (Å²) in [5.41, 5.74) is 0.352. The molecule has 0 spiro atoms. The lowest BCUT2D eigenvalue weighted by molar-refractivity contribution is -0.149. The summed E-state index contributed by atoms with van der Waals surface area (Å²) in [5, 5.41) is 3.61. The van der Waals surface area contributed by atoms with Gasteiger partial charge in [-0.1, -0.05) is 46.4 Å². The fourth-order valence-corrected chi connectivity index (χ4v) is 2.67. The number of amides is 1. The van der Waals surface area contributed by atoms with Crippen molar-refractivity contribution in [3.8, 4) is 11.5 Å². The molecule has 1 amide bonds. The summed E-state index contributed by atoms with van der Waals surface area (Å²) in [5.74, 6) is -0.769. The molecule has 0 fully saturated rings. The van der Waals surface area contributed by atoms with Gasteiger partial charge in [0, 0.05) is 11.1 Å². The van der Waals surface area contributed by atoms with Gasteiger partial charge in [-0.05, 0) is 24.3 Å². The zero-order valence-corrected chi connectivity index (χ0v) is 16.9. The average molecular weight is 453 g/mol. The zero-order chi connectivity index (χ0) is 20.0. The van der Waals surface area contributed by atoms with E-state index >= 15 is 0 Å². The van der Waals surface area contributed by atoms with Crippen LogP contribution in [-0.2, 0) is 14.3 Å². The van der Waals surface area contributed by atoms with E-state index in [-0.39, 0.29) is 20.8 Å². The number of hydrogen-bond donors (Lipinski definition) is 1. The van der Waals surface area contributed by atoms with Gasteiger partial charge in [-0.3, -0.25) is 4.79 Å². The summed E-state index contributed by atoms with van der Waals surface area (Å²) in [6.07, 6.45) is 0. The number of hydrogen-bond acceptors (Lipinski definition) is 5. The van der Waals surface area contributed by atoms with Crippen molar-refractivity contribution in [2.45, 2.75) is 0 Å². The lowest BCUT2D eigenvalue weighted by atomic mass is 10.3. The lowest BCUT2D eigenvalue weighted by Gasteiger charge is -2.11. The Morgan fingerprint density at radius 2 is 1.63 bits per heavy atom. The van der Waals surface area contributed by atoms with Crippen molar-refractivity contribution in [2.75, 3.05) is 25.6 Å². The standard InChI is InChI=1S/C17H13Cl4NO5/c1-25-14-3-2-9(18)4-13(14)22-16(23)7-27-17(24)8-26-15-6-11(20)10(19)5-12(15)21/h2-6H,7-8H2,1H3,(H,22,23). The molecule has 2 aromatic carbocycles. The fourth-order valence-electron chi connectivity index (χ4n) is 1.90. The number of benzene rings is 2. The second-order valence-electron chi connectivity index (χ2n) is 5.04. The molecule has 2 aromatic rings. The van der Waals surface area contributed by atoms with Crippen molar-refractivity contribution in [2.24, 2.45) is 0 Å². The van der Waals surface area contributed by atoms with Gasteiger partial charge in [-0.2, -0.15) is 0 Å². The number of nitrogens with one attached hydrogen (secondary N) is 1. The van der Waals surface area contributed by atoms with Crippen LogP contribution >= 0.6 is 46.4 Å². The minimum absolute atomic E-state index is 0.163. The predicted molar refractivity (Wildman–Crippen MR) is 105 cm³/mol. The molecule has 2 rings (SSSR count). The van der Waals surface area contributed by atoms with Crippen LogP contribution in [0.25, 0.3) is 0 Å². The number of esters is 1. The second kappa shape index (κ2) is 9.90. The first-order valence-corrected chi connectivity index (χ1v) is 8.87. The molecule has 0 bridgehead atoms. The Bertz CT molecular complexity index is 859. The predicted octanol–water partition coefficient (Wildman–Crippen LogP) is 4.87. The fraction of sp³-hybridized carbons (Fsp3) is 0.176. The number of halogens is 4. The highest BCUT2D eigenvalue weighted by Gasteiger charge is 2.13. The molecule has 0 radical (unpaired) electrons. The van der Waals surface area contributed by atoms with E-state index < -0.39 is 25.1 Å². The number of ether oxygens (including phenoxy) is 3. The quantitative estimate of drug-likeness (QED) is 0.479. The normalized spacial score (nSPS) is 10.3. The van der Waals surface area contributed by atoms with Crippen LogP contribution < -0.4 is 14.8 Å². The highest BCUT2D eigenvalue weighted by Crippen LogP contribution is 2.33. The van der Waals surface area contributed by atoms with Gasteiger partial charge in [0.1, 0.15) is 11.5 Å². The molecule has 0 aliphatic heterocycles. The smallest absolute Gasteiger partial charge is 0.344 e. The van der Waals surface area contributed by atoms with E-state index in [0.29, 0.717) is 16.5 Å². The lowest BCUT2D eigenvalue weighted by Crippen LogP contribution is -2.24. The topological polar surface area (TPSA) is 73.9 Å². The third kappa shape index (κ3) is 6.36. The monoisotopic (exact) mass is 451 g/mol. The molecular weight excluding hydrogens is 440 g/mol. The molecule has 0 heterocycles. The maximum absolute atomic E-state index is 11.9. The van der Waals surface area contributed by atoms with Crippen LogP contribution in [-0.4, -0.2) is 32.2 Å². The van der Waals surface area contributed by atoms with Crippen molar-refractivity contribution in [1.29, 1.82) is 0 Å². The zero-order valence-electron chi connectivity index (χ0n) is 13.9. The Labute approximate surface area is 175 Å². The van der Waals surface area contributed by atoms with Gasteiger partial charge in [0.2, 0.25) is 0 Å². The maximum atomic E-state index is 11.9. The minimum Gasteiger partial charge on any atom is -0.495 e. The van der Waals surface area contributed by atoms with Gasteiger partial charge in [-0.25, -0.2) is 4.79 Å². The molecule has 0 aromatic heterocycles. The van der Waals surface area contributed by atoms with Crippen molar-refractivity contribution in [1.82, 2.24) is 0 Å². The summed E-state index contributed by atoms with van der Waals surface area (Å²) in [7, 11) is 1.45. The number of carbonyl (C=O) groups excluding carboxylic acids is 2. The van der Waals surface area contributed by atoms with Gasteiger partial charge in [0.15, 0.2) is 13.2 Å². The van der Waals surface area contributed by atoms with Gasteiger partial charge >= 0.3 is 5.97 Å². The molecule has 0 saturated heterocycles. The van der Waals surface area contributed by atoms with E-state index in [1.54, 1.807) is 12.1 Å². The molecule has 1 N–H and O–H groups in total. The second-order valence-corrected chi connectivity index (χ2v) is 6.70. The highest BCUT2D eigenvalue weighted by molar-refractivity contribution is 6.43. The summed E-state index contributed by atoms with van der Waals surface area (Å²) in [6.45, 7) is -0.988. The van der Waals surface area contributed by atoms with Gasteiger partial charge < -0.3 is 19.5 Å². The van der Waals surface area contributed by atoms with Crippen LogP contribution in [0.2, 0.25) is 20.1 Å². The molecule has 0 aliphatic carbocycles. The first kappa shape index (κ1) is 21.4. The Morgan fingerprint density at radius 1 is 0.926 bits per heavy atom. The Hall–Kier alpha value is -1.86. The van der Waals surface area contributed by atoms with Crippen molar-refractivity contribution < 1.29 is 23.8 Å². The van der Waals surface area contributed by atoms with E-state index in [1.807, 2.05) is 0 Å².